The molecular weight excluding hydrogens is 419 g/mol. The molecule has 0 aliphatic carbocycles. The second kappa shape index (κ2) is 8.78. The third-order valence-corrected chi connectivity index (χ3v) is 6.45. The van der Waals surface area contributed by atoms with Crippen LogP contribution in [0.15, 0.2) is 59.4 Å². The number of benzene rings is 2. The summed E-state index contributed by atoms with van der Waals surface area (Å²) in [6.07, 6.45) is 0.334. The number of nitrogens with zero attached hydrogens (tertiary/aromatic N) is 5. The molecule has 7 nitrogen and oxygen atoms in total. The van der Waals surface area contributed by atoms with Crippen molar-refractivity contribution in [3.8, 4) is 0 Å². The number of fused-ring (bicyclic) bond motifs is 1. The molecule has 0 spiro atoms. The van der Waals surface area contributed by atoms with Crippen LogP contribution in [-0.4, -0.2) is 50.7 Å². The maximum absolute atomic E-state index is 13.6. The second-order valence-corrected chi connectivity index (χ2v) is 8.58. The fourth-order valence-electron chi connectivity index (χ4n) is 4.49. The summed E-state index contributed by atoms with van der Waals surface area (Å²) in [5.41, 5.74) is 3.05. The Hall–Kier alpha value is -3.52. The lowest BCUT2D eigenvalue weighted by Crippen LogP contribution is -2.47. The van der Waals surface area contributed by atoms with E-state index in [2.05, 4.69) is 56.1 Å². The number of aryl methyl sites for hydroxylation is 1. The topological polar surface area (TPSA) is 69.5 Å². The lowest BCUT2D eigenvalue weighted by molar-refractivity contribution is 0.192. The van der Waals surface area contributed by atoms with Gasteiger partial charge in [-0.3, -0.25) is 9.69 Å². The molecule has 0 radical (unpaired) electrons. The van der Waals surface area contributed by atoms with Crippen LogP contribution < -0.4 is 10.5 Å². The third-order valence-electron chi connectivity index (χ3n) is 6.45. The van der Waals surface area contributed by atoms with Gasteiger partial charge in [-0.05, 0) is 43.7 Å². The van der Waals surface area contributed by atoms with Gasteiger partial charge in [0.2, 0.25) is 5.78 Å². The Morgan fingerprint density at radius 3 is 2.55 bits per heavy atom. The predicted molar refractivity (Wildman–Crippen MR) is 126 cm³/mol. The summed E-state index contributed by atoms with van der Waals surface area (Å²) in [6, 6.07) is 16.7. The van der Waals surface area contributed by atoms with Gasteiger partial charge in [0.1, 0.15) is 5.82 Å². The lowest BCUT2D eigenvalue weighted by atomic mass is 10.1. The van der Waals surface area contributed by atoms with Crippen molar-refractivity contribution in [1.29, 1.82) is 0 Å². The Bertz CT molecular complexity index is 1320. The van der Waals surface area contributed by atoms with Gasteiger partial charge in [0.05, 0.1) is 6.04 Å². The van der Waals surface area contributed by atoms with Gasteiger partial charge in [-0.2, -0.15) is 9.50 Å². The number of hydrogen-bond acceptors (Lipinski definition) is 5. The van der Waals surface area contributed by atoms with Crippen molar-refractivity contribution in [2.45, 2.75) is 26.3 Å². The highest BCUT2D eigenvalue weighted by molar-refractivity contribution is 5.46. The Labute approximate surface area is 191 Å². The zero-order chi connectivity index (χ0) is 22.9. The van der Waals surface area contributed by atoms with Crippen molar-refractivity contribution in [2.75, 3.05) is 31.1 Å². The van der Waals surface area contributed by atoms with Crippen molar-refractivity contribution in [1.82, 2.24) is 24.5 Å². The fraction of sp³-hybridized carbons (Fsp3) is 0.320. The van der Waals surface area contributed by atoms with Crippen LogP contribution >= 0.6 is 0 Å². The van der Waals surface area contributed by atoms with E-state index in [1.54, 1.807) is 6.07 Å². The number of piperazine rings is 1. The Kier molecular flexibility index (Phi) is 5.68. The zero-order valence-corrected chi connectivity index (χ0v) is 18.8. The van der Waals surface area contributed by atoms with E-state index in [-0.39, 0.29) is 17.4 Å². The minimum absolute atomic E-state index is 0.0115. The van der Waals surface area contributed by atoms with Crippen LogP contribution in [0.1, 0.15) is 35.6 Å². The molecule has 8 heteroatoms. The van der Waals surface area contributed by atoms with Gasteiger partial charge < -0.3 is 9.88 Å². The molecule has 2 aromatic heterocycles. The van der Waals surface area contributed by atoms with Crippen molar-refractivity contribution in [3.05, 3.63) is 93.4 Å². The maximum Gasteiger partial charge on any atom is 0.279 e. The molecule has 3 heterocycles. The average molecular weight is 447 g/mol. The fourth-order valence-corrected chi connectivity index (χ4v) is 4.49. The minimum atomic E-state index is -0.313. The summed E-state index contributed by atoms with van der Waals surface area (Å²) in [7, 11) is 0. The molecule has 4 aromatic rings. The number of aromatic amines is 1. The number of hydrogen-bond donors (Lipinski definition) is 1. The smallest absolute Gasteiger partial charge is 0.279 e. The van der Waals surface area contributed by atoms with Crippen LogP contribution in [0.5, 0.6) is 0 Å². The normalized spacial score (nSPS) is 15.8. The molecule has 1 aliphatic heterocycles. The first kappa shape index (κ1) is 21.3. The number of rotatable bonds is 5. The van der Waals surface area contributed by atoms with E-state index in [0.29, 0.717) is 23.6 Å². The molecule has 1 unspecified atom stereocenters. The Balaban J connectivity index is 1.36. The van der Waals surface area contributed by atoms with Gasteiger partial charge in [-0.25, -0.2) is 4.39 Å². The molecule has 33 heavy (non-hydrogen) atoms. The van der Waals surface area contributed by atoms with Crippen molar-refractivity contribution >= 4 is 11.5 Å². The minimum Gasteiger partial charge on any atom is -0.369 e. The summed E-state index contributed by atoms with van der Waals surface area (Å²) in [4.78, 5) is 25.7. The first-order valence-corrected chi connectivity index (χ1v) is 11.3. The number of anilines is 1. The molecule has 0 amide bonds. The van der Waals surface area contributed by atoms with Crippen molar-refractivity contribution < 1.29 is 4.39 Å². The highest BCUT2D eigenvalue weighted by Gasteiger charge is 2.25. The van der Waals surface area contributed by atoms with Crippen LogP contribution in [-0.2, 0) is 6.42 Å². The molecule has 1 saturated heterocycles. The van der Waals surface area contributed by atoms with Crippen molar-refractivity contribution in [2.24, 2.45) is 0 Å². The van der Waals surface area contributed by atoms with Gasteiger partial charge in [-0.1, -0.05) is 30.3 Å². The zero-order valence-electron chi connectivity index (χ0n) is 18.8. The predicted octanol–water partition coefficient (Wildman–Crippen LogP) is 3.34. The number of halogens is 1. The van der Waals surface area contributed by atoms with Crippen LogP contribution in [0.4, 0.5) is 10.1 Å². The van der Waals surface area contributed by atoms with Gasteiger partial charge in [0, 0.05) is 49.5 Å². The molecule has 1 aliphatic rings. The maximum atomic E-state index is 13.6. The van der Waals surface area contributed by atoms with Gasteiger partial charge >= 0.3 is 0 Å². The highest BCUT2D eigenvalue weighted by Crippen LogP contribution is 2.22. The Morgan fingerprint density at radius 2 is 1.82 bits per heavy atom. The van der Waals surface area contributed by atoms with E-state index < -0.39 is 0 Å². The van der Waals surface area contributed by atoms with E-state index in [4.69, 9.17) is 0 Å². The average Bonchev–Trinajstić information content (AvgIpc) is 3.26. The quantitative estimate of drug-likeness (QED) is 0.509. The van der Waals surface area contributed by atoms with Crippen LogP contribution in [0, 0.1) is 12.7 Å². The van der Waals surface area contributed by atoms with E-state index in [1.807, 2.05) is 19.1 Å². The first-order chi connectivity index (χ1) is 16.0. The molecular formula is C25H27FN6O. The van der Waals surface area contributed by atoms with E-state index in [1.165, 1.54) is 22.3 Å². The molecule has 170 valence electrons. The lowest BCUT2D eigenvalue weighted by Gasteiger charge is -2.38. The summed E-state index contributed by atoms with van der Waals surface area (Å²) >= 11 is 0. The third kappa shape index (κ3) is 4.26. The molecule has 1 N–H and O–H groups in total. The number of nitrogens with one attached hydrogen (secondary N) is 1. The molecule has 5 rings (SSSR count). The summed E-state index contributed by atoms with van der Waals surface area (Å²) in [5.74, 6) is 0.746. The standard InChI is InChI=1S/C25H27FN6O/c1-17-22(16-19-7-6-8-20(26)15-19)24(33)32-25(27-17)28-23(29-32)18(2)30-11-13-31(14-12-30)21-9-4-3-5-10-21/h3-10,15,18H,11-14,16H2,1-2H3,(H,27,28,29). The van der Waals surface area contributed by atoms with Crippen LogP contribution in [0.3, 0.4) is 0 Å². The van der Waals surface area contributed by atoms with Gasteiger partial charge in [0.25, 0.3) is 5.56 Å². The summed E-state index contributed by atoms with van der Waals surface area (Å²) in [6.45, 7) is 7.57. The van der Waals surface area contributed by atoms with Gasteiger partial charge in [0.15, 0.2) is 5.82 Å². The molecule has 0 saturated carbocycles. The molecule has 0 bridgehead atoms. The van der Waals surface area contributed by atoms with Crippen LogP contribution in [0.2, 0.25) is 0 Å². The number of H-pyrrole nitrogens is 1. The number of para-hydroxylation sites is 1. The summed E-state index contributed by atoms with van der Waals surface area (Å²) < 4.78 is 14.9. The SMILES string of the molecule is Cc1[nH]c2nc(C(C)N3CCN(c4ccccc4)CC3)nn2c(=O)c1Cc1cccc(F)c1. The molecule has 2 aromatic carbocycles. The van der Waals surface area contributed by atoms with Gasteiger partial charge in [-0.15, -0.1) is 5.10 Å². The summed E-state index contributed by atoms with van der Waals surface area (Å²) in [5, 5.41) is 4.56. The molecule has 1 fully saturated rings. The van der Waals surface area contributed by atoms with E-state index in [9.17, 15) is 9.18 Å². The first-order valence-electron chi connectivity index (χ1n) is 11.3. The largest absolute Gasteiger partial charge is 0.369 e. The Morgan fingerprint density at radius 1 is 1.06 bits per heavy atom. The van der Waals surface area contributed by atoms with E-state index >= 15 is 0 Å². The highest BCUT2D eigenvalue weighted by atomic mass is 19.1. The second-order valence-electron chi connectivity index (χ2n) is 8.58. The van der Waals surface area contributed by atoms with Crippen LogP contribution in [0.25, 0.3) is 5.78 Å². The van der Waals surface area contributed by atoms with E-state index in [0.717, 1.165) is 37.4 Å². The monoisotopic (exact) mass is 446 g/mol. The molecule has 1 atom stereocenters. The number of aromatic nitrogens is 4. The van der Waals surface area contributed by atoms with Crippen molar-refractivity contribution in [3.63, 3.8) is 0 Å².